The van der Waals surface area contributed by atoms with Crippen molar-refractivity contribution >= 4 is 17.6 Å². The molecule has 0 unspecified atom stereocenters. The van der Waals surface area contributed by atoms with E-state index in [4.69, 9.17) is 9.47 Å². The highest BCUT2D eigenvalue weighted by atomic mass is 16.6. The fraction of sp³-hybridized carbons (Fsp3) is 0.467. The molecule has 1 aliphatic heterocycles. The number of carboxylic acids is 1. The van der Waals surface area contributed by atoms with E-state index < -0.39 is 5.97 Å². The molecule has 6 nitrogen and oxygen atoms in total. The number of rotatable bonds is 3. The van der Waals surface area contributed by atoms with Crippen LogP contribution in [-0.2, 0) is 4.79 Å². The third kappa shape index (κ3) is 2.79. The zero-order chi connectivity index (χ0) is 14.8. The van der Waals surface area contributed by atoms with Gasteiger partial charge in [0.15, 0.2) is 11.5 Å². The van der Waals surface area contributed by atoms with Crippen molar-refractivity contribution in [2.45, 2.75) is 25.7 Å². The van der Waals surface area contributed by atoms with Crippen LogP contribution in [-0.4, -0.2) is 25.1 Å². The predicted octanol–water partition coefficient (Wildman–Crippen LogP) is 0.950. The summed E-state index contributed by atoms with van der Waals surface area (Å²) >= 11 is 0. The number of carboxylic acid groups (broad SMARTS) is 1. The van der Waals surface area contributed by atoms with E-state index in [1.807, 2.05) is 0 Å². The Morgan fingerprint density at radius 1 is 1.10 bits per heavy atom. The van der Waals surface area contributed by atoms with Crippen LogP contribution in [0.3, 0.4) is 0 Å². The number of carbonyl (C=O) groups excluding carboxylic acids is 2. The molecule has 6 heteroatoms. The number of benzene rings is 1. The normalized spacial score (nSPS) is 17.5. The summed E-state index contributed by atoms with van der Waals surface area (Å²) in [6.07, 6.45) is 3.76. The zero-order valence-corrected chi connectivity index (χ0v) is 11.5. The summed E-state index contributed by atoms with van der Waals surface area (Å²) in [5.74, 6) is -0.750. The van der Waals surface area contributed by atoms with Crippen LogP contribution in [0.5, 0.6) is 11.5 Å². The fourth-order valence-electron chi connectivity index (χ4n) is 2.78. The molecule has 1 saturated carbocycles. The molecule has 2 aliphatic rings. The second-order valence-electron chi connectivity index (χ2n) is 5.30. The smallest absolute Gasteiger partial charge is 0.227 e. The van der Waals surface area contributed by atoms with Crippen molar-refractivity contribution in [3.8, 4) is 11.5 Å². The number of hydrogen-bond donors (Lipinski definition) is 1. The molecule has 0 radical (unpaired) electrons. The lowest BCUT2D eigenvalue weighted by Crippen LogP contribution is -2.27. The zero-order valence-electron chi connectivity index (χ0n) is 11.5. The van der Waals surface area contributed by atoms with Gasteiger partial charge in [-0.3, -0.25) is 4.79 Å². The van der Waals surface area contributed by atoms with Crippen molar-refractivity contribution in [2.75, 3.05) is 18.5 Å². The van der Waals surface area contributed by atoms with E-state index >= 15 is 0 Å². The highest BCUT2D eigenvalue weighted by Crippen LogP contribution is 2.36. The molecule has 0 aromatic heterocycles. The van der Waals surface area contributed by atoms with Gasteiger partial charge in [-0.15, -0.1) is 0 Å². The molecule has 1 fully saturated rings. The van der Waals surface area contributed by atoms with Crippen molar-refractivity contribution in [1.29, 1.82) is 0 Å². The molecule has 1 aliphatic carbocycles. The van der Waals surface area contributed by atoms with Gasteiger partial charge in [0.2, 0.25) is 5.91 Å². The van der Waals surface area contributed by atoms with Crippen LogP contribution < -0.4 is 19.9 Å². The van der Waals surface area contributed by atoms with Crippen LogP contribution in [0.2, 0.25) is 0 Å². The Kier molecular flexibility index (Phi) is 3.68. The largest absolute Gasteiger partial charge is 0.545 e. The molecular weight excluding hydrogens is 274 g/mol. The molecule has 1 aromatic rings. The van der Waals surface area contributed by atoms with Gasteiger partial charge in [0.1, 0.15) is 13.2 Å². The maximum absolute atomic E-state index is 12.2. The Bertz CT molecular complexity index is 578. The number of nitrogens with one attached hydrogen (secondary N) is 1. The molecule has 1 N–H and O–H groups in total. The molecular formula is C15H16NO5-. The first-order valence-corrected chi connectivity index (χ1v) is 7.11. The minimum atomic E-state index is -1.35. The Morgan fingerprint density at radius 2 is 1.71 bits per heavy atom. The van der Waals surface area contributed by atoms with Crippen molar-refractivity contribution < 1.29 is 24.2 Å². The second-order valence-corrected chi connectivity index (χ2v) is 5.30. The summed E-state index contributed by atoms with van der Waals surface area (Å²) in [7, 11) is 0. The van der Waals surface area contributed by atoms with E-state index in [-0.39, 0.29) is 23.1 Å². The van der Waals surface area contributed by atoms with Crippen LogP contribution >= 0.6 is 0 Å². The van der Waals surface area contributed by atoms with Crippen molar-refractivity contribution in [1.82, 2.24) is 0 Å². The highest BCUT2D eigenvalue weighted by molar-refractivity contribution is 6.01. The van der Waals surface area contributed by atoms with Crippen molar-refractivity contribution in [2.24, 2.45) is 5.92 Å². The number of hydrogen-bond acceptors (Lipinski definition) is 5. The van der Waals surface area contributed by atoms with Crippen molar-refractivity contribution in [3.05, 3.63) is 17.7 Å². The third-order valence-corrected chi connectivity index (χ3v) is 3.89. The van der Waals surface area contributed by atoms with E-state index in [1.165, 1.54) is 12.1 Å². The number of carbonyl (C=O) groups is 2. The highest BCUT2D eigenvalue weighted by Gasteiger charge is 2.24. The first-order chi connectivity index (χ1) is 10.1. The van der Waals surface area contributed by atoms with Crippen LogP contribution in [0.25, 0.3) is 0 Å². The Hall–Kier alpha value is -2.24. The molecule has 1 heterocycles. The fourth-order valence-corrected chi connectivity index (χ4v) is 2.78. The Morgan fingerprint density at radius 3 is 2.33 bits per heavy atom. The molecule has 0 saturated heterocycles. The van der Waals surface area contributed by atoms with Gasteiger partial charge in [-0.05, 0) is 18.9 Å². The van der Waals surface area contributed by atoms with E-state index in [0.29, 0.717) is 24.7 Å². The molecule has 3 rings (SSSR count). The summed E-state index contributed by atoms with van der Waals surface area (Å²) in [5, 5.41) is 13.9. The lowest BCUT2D eigenvalue weighted by molar-refractivity contribution is -0.254. The first-order valence-electron chi connectivity index (χ1n) is 7.11. The van der Waals surface area contributed by atoms with E-state index in [2.05, 4.69) is 5.32 Å². The van der Waals surface area contributed by atoms with E-state index in [1.54, 1.807) is 0 Å². The lowest BCUT2D eigenvalue weighted by atomic mass is 10.1. The summed E-state index contributed by atoms with van der Waals surface area (Å²) < 4.78 is 10.8. The van der Waals surface area contributed by atoms with Crippen molar-refractivity contribution in [3.63, 3.8) is 0 Å². The van der Waals surface area contributed by atoms with Gasteiger partial charge in [-0.2, -0.15) is 0 Å². The van der Waals surface area contributed by atoms with Gasteiger partial charge in [-0.25, -0.2) is 0 Å². The summed E-state index contributed by atoms with van der Waals surface area (Å²) in [5.41, 5.74) is 0.113. The summed E-state index contributed by atoms with van der Waals surface area (Å²) in [6.45, 7) is 0.765. The SMILES string of the molecule is O=C([O-])c1cc2c(cc1NC(=O)C1CCCC1)OCCO2. The van der Waals surface area contributed by atoms with Crippen LogP contribution in [0, 0.1) is 5.92 Å². The lowest BCUT2D eigenvalue weighted by Gasteiger charge is -2.22. The minimum Gasteiger partial charge on any atom is -0.545 e. The van der Waals surface area contributed by atoms with E-state index in [0.717, 1.165) is 25.7 Å². The number of amides is 1. The third-order valence-electron chi connectivity index (χ3n) is 3.89. The number of fused-ring (bicyclic) bond motifs is 1. The monoisotopic (exact) mass is 290 g/mol. The summed E-state index contributed by atoms with van der Waals surface area (Å²) in [4.78, 5) is 23.4. The number of aromatic carboxylic acids is 1. The topological polar surface area (TPSA) is 87.7 Å². The van der Waals surface area contributed by atoms with Gasteiger partial charge in [0, 0.05) is 17.5 Å². The maximum Gasteiger partial charge on any atom is 0.227 e. The Labute approximate surface area is 122 Å². The van der Waals surface area contributed by atoms with Crippen LogP contribution in [0.15, 0.2) is 12.1 Å². The number of ether oxygens (including phenoxy) is 2. The predicted molar refractivity (Wildman–Crippen MR) is 72.4 cm³/mol. The molecule has 0 bridgehead atoms. The standard InChI is InChI=1S/C15H17NO5/c17-14(9-3-1-2-4-9)16-11-8-13-12(20-5-6-21-13)7-10(11)15(18)19/h7-9H,1-6H2,(H,16,17)(H,18,19)/p-1. The molecule has 1 aromatic carbocycles. The van der Waals surface area contributed by atoms with Gasteiger partial charge in [0.05, 0.1) is 11.7 Å². The van der Waals surface area contributed by atoms with Crippen LogP contribution in [0.1, 0.15) is 36.0 Å². The van der Waals surface area contributed by atoms with Gasteiger partial charge < -0.3 is 24.7 Å². The average Bonchev–Trinajstić information content (AvgIpc) is 3.00. The maximum atomic E-state index is 12.2. The molecule has 21 heavy (non-hydrogen) atoms. The molecule has 1 amide bonds. The van der Waals surface area contributed by atoms with Gasteiger partial charge in [0.25, 0.3) is 0 Å². The van der Waals surface area contributed by atoms with E-state index in [9.17, 15) is 14.7 Å². The average molecular weight is 290 g/mol. The molecule has 112 valence electrons. The quantitative estimate of drug-likeness (QED) is 0.895. The second kappa shape index (κ2) is 5.63. The van der Waals surface area contributed by atoms with Gasteiger partial charge >= 0.3 is 0 Å². The van der Waals surface area contributed by atoms with Crippen LogP contribution in [0.4, 0.5) is 5.69 Å². The molecule has 0 spiro atoms. The number of anilines is 1. The first kappa shape index (κ1) is 13.7. The Balaban J connectivity index is 1.88. The van der Waals surface area contributed by atoms with Gasteiger partial charge in [-0.1, -0.05) is 12.8 Å². The minimum absolute atomic E-state index is 0.0483. The summed E-state index contributed by atoms with van der Waals surface area (Å²) in [6, 6.07) is 2.83. The molecule has 0 atom stereocenters.